The molecule has 1 atom stereocenters. The van der Waals surface area contributed by atoms with E-state index < -0.39 is 11.9 Å². The van der Waals surface area contributed by atoms with E-state index in [2.05, 4.69) is 13.2 Å². The summed E-state index contributed by atoms with van der Waals surface area (Å²) in [5, 5.41) is 0. The summed E-state index contributed by atoms with van der Waals surface area (Å²) in [6, 6.07) is 0. The Balaban J connectivity index is 2.99. The Morgan fingerprint density at radius 3 is 2.47 bits per heavy atom. The second-order valence-corrected chi connectivity index (χ2v) is 4.22. The highest BCUT2D eigenvalue weighted by molar-refractivity contribution is 5.91. The van der Waals surface area contributed by atoms with Gasteiger partial charge in [-0.1, -0.05) is 12.7 Å². The second-order valence-electron chi connectivity index (χ2n) is 4.22. The standard InChI is InChI=1S/C14H18O5/c1-5-6-11(14(16)17-4)12(7-10-8-18-10)19-13(15)9(2)3/h5,10H,1-2,6-8H2,3-4H3/b12-11-. The molecule has 19 heavy (non-hydrogen) atoms. The molecule has 5 heteroatoms. The van der Waals surface area contributed by atoms with Crippen LogP contribution in [0.1, 0.15) is 19.8 Å². The monoisotopic (exact) mass is 266 g/mol. The van der Waals surface area contributed by atoms with E-state index in [1.54, 1.807) is 13.0 Å². The van der Waals surface area contributed by atoms with Crippen molar-refractivity contribution in [1.29, 1.82) is 0 Å². The molecule has 1 rings (SSSR count). The predicted octanol–water partition coefficient (Wildman–Crippen LogP) is 1.90. The Kier molecular flexibility index (Phi) is 5.51. The number of carbonyl (C=O) groups is 2. The molecule has 1 saturated heterocycles. The van der Waals surface area contributed by atoms with Crippen molar-refractivity contribution in [3.05, 3.63) is 36.1 Å². The van der Waals surface area contributed by atoms with E-state index in [0.717, 1.165) is 0 Å². The summed E-state index contributed by atoms with van der Waals surface area (Å²) in [4.78, 5) is 23.3. The maximum Gasteiger partial charge on any atom is 0.338 e. The Labute approximate surface area is 112 Å². The average molecular weight is 266 g/mol. The zero-order valence-corrected chi connectivity index (χ0v) is 11.2. The van der Waals surface area contributed by atoms with Crippen LogP contribution in [0.15, 0.2) is 36.1 Å². The molecule has 1 aliphatic rings. The minimum Gasteiger partial charge on any atom is -0.466 e. The fraction of sp³-hybridized carbons (Fsp3) is 0.429. The van der Waals surface area contributed by atoms with Crippen LogP contribution in [0.25, 0.3) is 0 Å². The molecule has 0 N–H and O–H groups in total. The minimum absolute atomic E-state index is 0.0163. The Bertz CT molecular complexity index is 429. The molecule has 0 spiro atoms. The Hall–Kier alpha value is -1.88. The van der Waals surface area contributed by atoms with Gasteiger partial charge in [-0.15, -0.1) is 6.58 Å². The molecule has 5 nitrogen and oxygen atoms in total. The molecule has 0 amide bonds. The third-order valence-corrected chi connectivity index (χ3v) is 2.50. The summed E-state index contributed by atoms with van der Waals surface area (Å²) in [5.41, 5.74) is 0.541. The van der Waals surface area contributed by atoms with Gasteiger partial charge in [0, 0.05) is 18.4 Å². The highest BCUT2D eigenvalue weighted by Crippen LogP contribution is 2.25. The highest BCUT2D eigenvalue weighted by atomic mass is 16.6. The second kappa shape index (κ2) is 6.89. The summed E-state index contributed by atoms with van der Waals surface area (Å²) >= 11 is 0. The minimum atomic E-state index is -0.568. The van der Waals surface area contributed by atoms with Crippen LogP contribution in [-0.2, 0) is 23.8 Å². The molecule has 1 heterocycles. The average Bonchev–Trinajstić information content (AvgIpc) is 3.18. The molecular formula is C14H18O5. The number of esters is 2. The number of carbonyl (C=O) groups excluding carboxylic acids is 2. The van der Waals surface area contributed by atoms with Gasteiger partial charge >= 0.3 is 11.9 Å². The molecule has 1 fully saturated rings. The molecule has 104 valence electrons. The quantitative estimate of drug-likeness (QED) is 0.231. The lowest BCUT2D eigenvalue weighted by Gasteiger charge is -2.12. The lowest BCUT2D eigenvalue weighted by atomic mass is 10.1. The molecule has 1 aliphatic heterocycles. The van der Waals surface area contributed by atoms with Crippen LogP contribution in [0, 0.1) is 0 Å². The van der Waals surface area contributed by atoms with Crippen LogP contribution < -0.4 is 0 Å². The highest BCUT2D eigenvalue weighted by Gasteiger charge is 2.29. The Morgan fingerprint density at radius 1 is 1.42 bits per heavy atom. The zero-order chi connectivity index (χ0) is 14.4. The van der Waals surface area contributed by atoms with Crippen molar-refractivity contribution in [2.75, 3.05) is 13.7 Å². The van der Waals surface area contributed by atoms with Gasteiger partial charge in [0.25, 0.3) is 0 Å². The van der Waals surface area contributed by atoms with Gasteiger partial charge in [-0.05, 0) is 6.92 Å². The third kappa shape index (κ3) is 4.71. The van der Waals surface area contributed by atoms with Crippen molar-refractivity contribution >= 4 is 11.9 Å². The molecule has 0 aliphatic carbocycles. The molecular weight excluding hydrogens is 248 g/mol. The van der Waals surface area contributed by atoms with Crippen LogP contribution in [-0.4, -0.2) is 31.8 Å². The molecule has 0 aromatic carbocycles. The van der Waals surface area contributed by atoms with Crippen molar-refractivity contribution in [3.8, 4) is 0 Å². The summed E-state index contributed by atoms with van der Waals surface area (Å²) < 4.78 is 15.0. The van der Waals surface area contributed by atoms with E-state index in [9.17, 15) is 9.59 Å². The SMILES string of the molecule is C=CC/C(C(=O)OC)=C(\CC1CO1)OC(=O)C(=C)C. The van der Waals surface area contributed by atoms with E-state index in [1.165, 1.54) is 7.11 Å². The number of hydrogen-bond acceptors (Lipinski definition) is 5. The summed E-state index contributed by atoms with van der Waals surface area (Å²) in [5.74, 6) is -0.839. The molecule has 0 aromatic rings. The van der Waals surface area contributed by atoms with Gasteiger partial charge in [-0.3, -0.25) is 0 Å². The summed E-state index contributed by atoms with van der Waals surface area (Å²) in [7, 11) is 1.28. The van der Waals surface area contributed by atoms with Gasteiger partial charge in [0.1, 0.15) is 5.76 Å². The molecule has 1 unspecified atom stereocenters. The molecule has 0 aromatic heterocycles. The van der Waals surface area contributed by atoms with Crippen molar-refractivity contribution < 1.29 is 23.8 Å². The van der Waals surface area contributed by atoms with Gasteiger partial charge in [-0.2, -0.15) is 0 Å². The normalized spacial score (nSPS) is 18.1. The zero-order valence-electron chi connectivity index (χ0n) is 11.2. The number of methoxy groups -OCH3 is 1. The van der Waals surface area contributed by atoms with Gasteiger partial charge in [0.15, 0.2) is 0 Å². The number of rotatable bonds is 7. The smallest absolute Gasteiger partial charge is 0.338 e. The van der Waals surface area contributed by atoms with Crippen LogP contribution in [0.5, 0.6) is 0 Å². The van der Waals surface area contributed by atoms with Gasteiger partial charge in [0.05, 0.1) is 25.4 Å². The van der Waals surface area contributed by atoms with Crippen LogP contribution in [0.2, 0.25) is 0 Å². The number of hydrogen-bond donors (Lipinski definition) is 0. The van der Waals surface area contributed by atoms with Crippen molar-refractivity contribution in [2.45, 2.75) is 25.9 Å². The summed E-state index contributed by atoms with van der Waals surface area (Å²) in [6.07, 6.45) is 2.15. The number of allylic oxidation sites excluding steroid dienone is 1. The molecule has 0 radical (unpaired) electrons. The van der Waals surface area contributed by atoms with Crippen LogP contribution >= 0.6 is 0 Å². The van der Waals surface area contributed by atoms with E-state index >= 15 is 0 Å². The first-order chi connectivity index (χ1) is 8.99. The maximum absolute atomic E-state index is 11.7. The van der Waals surface area contributed by atoms with Crippen LogP contribution in [0.3, 0.4) is 0 Å². The first kappa shape index (κ1) is 15.2. The lowest BCUT2D eigenvalue weighted by molar-refractivity contribution is -0.137. The lowest BCUT2D eigenvalue weighted by Crippen LogP contribution is -2.14. The van der Waals surface area contributed by atoms with Gasteiger partial charge in [-0.25, -0.2) is 9.59 Å². The van der Waals surface area contributed by atoms with Crippen molar-refractivity contribution in [3.63, 3.8) is 0 Å². The van der Waals surface area contributed by atoms with E-state index in [1.807, 2.05) is 0 Å². The van der Waals surface area contributed by atoms with Crippen molar-refractivity contribution in [2.24, 2.45) is 0 Å². The maximum atomic E-state index is 11.7. The van der Waals surface area contributed by atoms with Crippen LogP contribution in [0.4, 0.5) is 0 Å². The van der Waals surface area contributed by atoms with E-state index in [-0.39, 0.29) is 29.4 Å². The number of ether oxygens (including phenoxy) is 3. The van der Waals surface area contributed by atoms with E-state index in [0.29, 0.717) is 13.0 Å². The topological polar surface area (TPSA) is 65.1 Å². The first-order valence-electron chi connectivity index (χ1n) is 5.90. The third-order valence-electron chi connectivity index (χ3n) is 2.50. The van der Waals surface area contributed by atoms with Gasteiger partial charge in [0.2, 0.25) is 0 Å². The first-order valence-corrected chi connectivity index (χ1v) is 5.90. The summed E-state index contributed by atoms with van der Waals surface area (Å²) in [6.45, 7) is 9.22. The predicted molar refractivity (Wildman–Crippen MR) is 69.1 cm³/mol. The molecule has 0 bridgehead atoms. The molecule has 0 saturated carbocycles. The van der Waals surface area contributed by atoms with Crippen molar-refractivity contribution in [1.82, 2.24) is 0 Å². The fourth-order valence-electron chi connectivity index (χ4n) is 1.40. The van der Waals surface area contributed by atoms with E-state index in [4.69, 9.17) is 14.2 Å². The fourth-order valence-corrected chi connectivity index (χ4v) is 1.40. The van der Waals surface area contributed by atoms with Gasteiger partial charge < -0.3 is 14.2 Å². The Morgan fingerprint density at radius 2 is 2.05 bits per heavy atom. The number of epoxide rings is 1. The largest absolute Gasteiger partial charge is 0.466 e.